The van der Waals surface area contributed by atoms with E-state index in [1.54, 1.807) is 4.90 Å². The molecule has 112 valence electrons. The van der Waals surface area contributed by atoms with Crippen LogP contribution in [0.2, 0.25) is 0 Å². The largest absolute Gasteiger partial charge is 0.358 e. The Balaban J connectivity index is 1.75. The Morgan fingerprint density at radius 3 is 2.86 bits per heavy atom. The number of hydrogen-bond donors (Lipinski definition) is 2. The van der Waals surface area contributed by atoms with Crippen molar-refractivity contribution in [1.29, 1.82) is 0 Å². The number of rotatable bonds is 3. The van der Waals surface area contributed by atoms with Crippen molar-refractivity contribution >= 4 is 16.7 Å². The minimum absolute atomic E-state index is 0.206. The van der Waals surface area contributed by atoms with Crippen LogP contribution in [0.15, 0.2) is 24.3 Å². The predicted octanol–water partition coefficient (Wildman–Crippen LogP) is 1.90. The standard InChI is InChI=1S/C18H24N2O/c1-12-14(3)20(11-9-18(12)21)10-8-15-13(2)19-17-7-5-4-6-16(15)17/h4-7,12,14,19H,8-11H2,1-3H3/p+1/t12-,14+/m0/s1. The molecule has 1 saturated heterocycles. The molecule has 1 aliphatic rings. The molecule has 0 spiro atoms. The predicted molar refractivity (Wildman–Crippen MR) is 85.7 cm³/mol. The molecule has 1 aromatic heterocycles. The maximum atomic E-state index is 11.8. The fourth-order valence-electron chi connectivity index (χ4n) is 3.67. The number of hydrogen-bond acceptors (Lipinski definition) is 1. The average molecular weight is 285 g/mol. The quantitative estimate of drug-likeness (QED) is 0.888. The van der Waals surface area contributed by atoms with Gasteiger partial charge in [-0.2, -0.15) is 0 Å². The third-order valence-electron chi connectivity index (χ3n) is 5.32. The molecule has 1 unspecified atom stereocenters. The number of aryl methyl sites for hydroxylation is 1. The van der Waals surface area contributed by atoms with Crippen LogP contribution in [-0.4, -0.2) is 29.9 Å². The molecule has 3 rings (SSSR count). The van der Waals surface area contributed by atoms with Gasteiger partial charge in [0.1, 0.15) is 5.78 Å². The highest BCUT2D eigenvalue weighted by Crippen LogP contribution is 2.21. The van der Waals surface area contributed by atoms with Crippen LogP contribution in [0.3, 0.4) is 0 Å². The van der Waals surface area contributed by atoms with Gasteiger partial charge in [-0.1, -0.05) is 18.2 Å². The van der Waals surface area contributed by atoms with E-state index in [0.717, 1.165) is 25.9 Å². The number of likely N-dealkylation sites (tertiary alicyclic amines) is 1. The Bertz CT molecular complexity index is 658. The summed E-state index contributed by atoms with van der Waals surface area (Å²) in [7, 11) is 0. The molecular weight excluding hydrogens is 260 g/mol. The minimum atomic E-state index is 0.206. The molecule has 2 heterocycles. The summed E-state index contributed by atoms with van der Waals surface area (Å²) in [4.78, 5) is 16.8. The van der Waals surface area contributed by atoms with Crippen LogP contribution in [0.4, 0.5) is 0 Å². The number of aromatic nitrogens is 1. The van der Waals surface area contributed by atoms with Crippen LogP contribution < -0.4 is 4.90 Å². The van der Waals surface area contributed by atoms with Crippen molar-refractivity contribution in [2.75, 3.05) is 13.1 Å². The second-order valence-corrected chi connectivity index (χ2v) is 6.48. The third kappa shape index (κ3) is 2.62. The second-order valence-electron chi connectivity index (χ2n) is 6.48. The SMILES string of the molecule is Cc1[nH]c2ccccc2c1CC[NH+]1CCC(=O)[C@@H](C)[C@H]1C. The van der Waals surface area contributed by atoms with Gasteiger partial charge in [-0.15, -0.1) is 0 Å². The third-order valence-corrected chi connectivity index (χ3v) is 5.32. The van der Waals surface area contributed by atoms with E-state index >= 15 is 0 Å². The lowest BCUT2D eigenvalue weighted by Crippen LogP contribution is -3.17. The summed E-state index contributed by atoms with van der Waals surface area (Å²) >= 11 is 0. The van der Waals surface area contributed by atoms with Crippen LogP contribution in [0.1, 0.15) is 31.5 Å². The van der Waals surface area contributed by atoms with Gasteiger partial charge >= 0.3 is 0 Å². The van der Waals surface area contributed by atoms with E-state index in [1.165, 1.54) is 22.2 Å². The molecule has 2 aromatic rings. The average Bonchev–Trinajstić information content (AvgIpc) is 2.80. The molecular formula is C18H25N2O+. The van der Waals surface area contributed by atoms with Crippen LogP contribution in [0.25, 0.3) is 10.9 Å². The Hall–Kier alpha value is -1.61. The molecule has 1 aromatic carbocycles. The lowest BCUT2D eigenvalue weighted by atomic mass is 9.90. The summed E-state index contributed by atoms with van der Waals surface area (Å²) in [5, 5.41) is 1.35. The van der Waals surface area contributed by atoms with Gasteiger partial charge in [-0.3, -0.25) is 4.79 Å². The van der Waals surface area contributed by atoms with Crippen molar-refractivity contribution in [1.82, 2.24) is 4.98 Å². The van der Waals surface area contributed by atoms with Crippen LogP contribution in [0, 0.1) is 12.8 Å². The summed E-state index contributed by atoms with van der Waals surface area (Å²) in [6.45, 7) is 8.58. The number of nitrogens with one attached hydrogen (secondary N) is 2. The highest BCUT2D eigenvalue weighted by molar-refractivity contribution is 5.84. The number of fused-ring (bicyclic) bond motifs is 1. The number of benzene rings is 1. The van der Waals surface area contributed by atoms with Gasteiger partial charge in [0.05, 0.1) is 31.5 Å². The first kappa shape index (κ1) is 14.3. The number of carbonyl (C=O) groups is 1. The molecule has 0 saturated carbocycles. The number of carbonyl (C=O) groups excluding carboxylic acids is 1. The first-order chi connectivity index (χ1) is 10.1. The van der Waals surface area contributed by atoms with Gasteiger partial charge in [0.25, 0.3) is 0 Å². The molecule has 1 fully saturated rings. The molecule has 3 atom stereocenters. The van der Waals surface area contributed by atoms with Crippen molar-refractivity contribution in [3.8, 4) is 0 Å². The molecule has 0 amide bonds. The van der Waals surface area contributed by atoms with E-state index in [9.17, 15) is 4.79 Å². The summed E-state index contributed by atoms with van der Waals surface area (Å²) in [5.41, 5.74) is 3.95. The number of aromatic amines is 1. The highest BCUT2D eigenvalue weighted by Gasteiger charge is 2.33. The zero-order chi connectivity index (χ0) is 15.0. The van der Waals surface area contributed by atoms with E-state index in [-0.39, 0.29) is 5.92 Å². The number of Topliss-reactive ketones (excluding diaryl/α,β-unsaturated/α-hetero) is 1. The highest BCUT2D eigenvalue weighted by atomic mass is 16.1. The van der Waals surface area contributed by atoms with Crippen molar-refractivity contribution in [2.45, 2.75) is 39.7 Å². The maximum absolute atomic E-state index is 11.8. The Morgan fingerprint density at radius 2 is 2.05 bits per heavy atom. The van der Waals surface area contributed by atoms with Crippen molar-refractivity contribution in [3.63, 3.8) is 0 Å². The molecule has 3 heteroatoms. The van der Waals surface area contributed by atoms with E-state index in [4.69, 9.17) is 0 Å². The Kier molecular flexibility index (Phi) is 3.85. The van der Waals surface area contributed by atoms with Crippen molar-refractivity contribution < 1.29 is 9.69 Å². The Labute approximate surface area is 126 Å². The summed E-state index contributed by atoms with van der Waals surface area (Å²) in [6.07, 6.45) is 1.82. The van der Waals surface area contributed by atoms with Crippen LogP contribution in [0.5, 0.6) is 0 Å². The fraction of sp³-hybridized carbons (Fsp3) is 0.500. The van der Waals surface area contributed by atoms with Crippen LogP contribution >= 0.6 is 0 Å². The smallest absolute Gasteiger partial charge is 0.147 e. The monoisotopic (exact) mass is 285 g/mol. The van der Waals surface area contributed by atoms with Crippen molar-refractivity contribution in [2.24, 2.45) is 5.92 Å². The zero-order valence-electron chi connectivity index (χ0n) is 13.2. The first-order valence-electron chi connectivity index (χ1n) is 8.01. The zero-order valence-corrected chi connectivity index (χ0v) is 13.2. The molecule has 2 N–H and O–H groups in total. The minimum Gasteiger partial charge on any atom is -0.358 e. The van der Waals surface area contributed by atoms with Gasteiger partial charge < -0.3 is 9.88 Å². The molecule has 0 radical (unpaired) electrons. The number of quaternary nitrogens is 1. The molecule has 0 aliphatic carbocycles. The lowest BCUT2D eigenvalue weighted by Gasteiger charge is -2.33. The van der Waals surface area contributed by atoms with Crippen molar-refractivity contribution in [3.05, 3.63) is 35.5 Å². The number of H-pyrrole nitrogens is 1. The first-order valence-corrected chi connectivity index (χ1v) is 8.01. The van der Waals surface area contributed by atoms with Crippen LogP contribution in [-0.2, 0) is 11.2 Å². The van der Waals surface area contributed by atoms with E-state index in [0.29, 0.717) is 11.8 Å². The van der Waals surface area contributed by atoms with Gasteiger partial charge in [0.15, 0.2) is 0 Å². The van der Waals surface area contributed by atoms with Gasteiger partial charge in [0, 0.05) is 23.0 Å². The molecule has 3 nitrogen and oxygen atoms in total. The van der Waals surface area contributed by atoms with Gasteiger partial charge in [-0.05, 0) is 32.4 Å². The number of piperidine rings is 1. The van der Waals surface area contributed by atoms with Gasteiger partial charge in [0.2, 0.25) is 0 Å². The summed E-state index contributed by atoms with van der Waals surface area (Å²) < 4.78 is 0. The van der Waals surface area contributed by atoms with E-state index in [2.05, 4.69) is 50.0 Å². The number of ketones is 1. The topological polar surface area (TPSA) is 37.3 Å². The lowest BCUT2D eigenvalue weighted by molar-refractivity contribution is -0.928. The molecule has 1 aliphatic heterocycles. The summed E-state index contributed by atoms with van der Waals surface area (Å²) in [5.74, 6) is 0.646. The number of para-hydroxylation sites is 1. The molecule has 0 bridgehead atoms. The normalized spacial score (nSPS) is 26.4. The van der Waals surface area contributed by atoms with E-state index in [1.807, 2.05) is 0 Å². The summed E-state index contributed by atoms with van der Waals surface area (Å²) in [6, 6.07) is 8.97. The van der Waals surface area contributed by atoms with E-state index < -0.39 is 0 Å². The Morgan fingerprint density at radius 1 is 1.29 bits per heavy atom. The molecule has 21 heavy (non-hydrogen) atoms. The second kappa shape index (κ2) is 5.64. The van der Waals surface area contributed by atoms with Gasteiger partial charge in [-0.25, -0.2) is 0 Å². The maximum Gasteiger partial charge on any atom is 0.147 e. The fourth-order valence-corrected chi connectivity index (χ4v) is 3.67.